The highest BCUT2D eigenvalue weighted by Gasteiger charge is 2.21. The van der Waals surface area contributed by atoms with Crippen LogP contribution in [0, 0.1) is 0 Å². The summed E-state index contributed by atoms with van der Waals surface area (Å²) >= 11 is 3.28. The van der Waals surface area contributed by atoms with E-state index in [4.69, 9.17) is 4.74 Å². The molecular weight excluding hydrogens is 310 g/mol. The third-order valence-corrected chi connectivity index (χ3v) is 3.05. The van der Waals surface area contributed by atoms with Gasteiger partial charge in [0.2, 0.25) is 5.91 Å². The van der Waals surface area contributed by atoms with Gasteiger partial charge in [-0.05, 0) is 12.5 Å². The van der Waals surface area contributed by atoms with Gasteiger partial charge in [0.1, 0.15) is 0 Å². The van der Waals surface area contributed by atoms with E-state index in [1.54, 1.807) is 11.8 Å². The number of hydrogen-bond donors (Lipinski definition) is 1. The number of halogens is 1. The molecule has 5 heteroatoms. The molecule has 0 saturated carbocycles. The fraction of sp³-hybridized carbons (Fsp3) is 0.500. The predicted octanol–water partition coefficient (Wildman–Crippen LogP) is 1.81. The Labute approximate surface area is 122 Å². The van der Waals surface area contributed by atoms with Crippen LogP contribution in [0.4, 0.5) is 0 Å². The van der Waals surface area contributed by atoms with Crippen LogP contribution in [-0.4, -0.2) is 47.1 Å². The van der Waals surface area contributed by atoms with Gasteiger partial charge in [0.25, 0.3) is 0 Å². The van der Waals surface area contributed by atoms with Gasteiger partial charge in [-0.25, -0.2) is 0 Å². The Balaban J connectivity index is 2.72. The maximum absolute atomic E-state index is 12.1. The van der Waals surface area contributed by atoms with Gasteiger partial charge in [-0.1, -0.05) is 46.3 Å². The molecule has 1 N–H and O–H groups in total. The zero-order valence-electron chi connectivity index (χ0n) is 11.3. The van der Waals surface area contributed by atoms with Crippen LogP contribution in [0.1, 0.15) is 12.5 Å². The van der Waals surface area contributed by atoms with Crippen LogP contribution in [-0.2, 0) is 16.1 Å². The van der Waals surface area contributed by atoms with Gasteiger partial charge < -0.3 is 14.7 Å². The summed E-state index contributed by atoms with van der Waals surface area (Å²) in [6, 6.07) is 9.72. The van der Waals surface area contributed by atoms with Gasteiger partial charge in [0, 0.05) is 20.2 Å². The second-order valence-electron chi connectivity index (χ2n) is 4.43. The number of carbonyl (C=O) groups is 1. The number of aliphatic hydroxyl groups is 1. The first-order valence-corrected chi connectivity index (χ1v) is 7.10. The maximum atomic E-state index is 12.1. The van der Waals surface area contributed by atoms with Crippen LogP contribution in [0.2, 0.25) is 0 Å². The van der Waals surface area contributed by atoms with Gasteiger partial charge in [0.05, 0.1) is 17.5 Å². The molecule has 1 aromatic rings. The minimum absolute atomic E-state index is 0.0426. The first kappa shape index (κ1) is 16.1. The lowest BCUT2D eigenvalue weighted by Crippen LogP contribution is -2.41. The number of alkyl halides is 1. The molecule has 2 atom stereocenters. The predicted molar refractivity (Wildman–Crippen MR) is 78.1 cm³/mol. The number of ether oxygens (including phenoxy) is 1. The topological polar surface area (TPSA) is 49.8 Å². The average Bonchev–Trinajstić information content (AvgIpc) is 2.38. The summed E-state index contributed by atoms with van der Waals surface area (Å²) in [5.41, 5.74) is 1.04. The zero-order chi connectivity index (χ0) is 14.3. The van der Waals surface area contributed by atoms with Gasteiger partial charge in [-0.3, -0.25) is 4.79 Å². The van der Waals surface area contributed by atoms with Crippen LogP contribution in [0.5, 0.6) is 0 Å². The van der Waals surface area contributed by atoms with E-state index in [1.807, 2.05) is 30.3 Å². The molecule has 1 amide bonds. The van der Waals surface area contributed by atoms with Crippen molar-refractivity contribution in [2.45, 2.75) is 24.4 Å². The van der Waals surface area contributed by atoms with E-state index in [0.717, 1.165) is 5.56 Å². The lowest BCUT2D eigenvalue weighted by Gasteiger charge is -2.26. The standard InChI is InChI=1S/C14H20BrNO3/c1-11(15)14(18)16(9-13(17)10-19-2)8-12-6-4-3-5-7-12/h3-7,11,13,17H,8-10H2,1-2H3. The van der Waals surface area contributed by atoms with Crippen LogP contribution >= 0.6 is 15.9 Å². The van der Waals surface area contributed by atoms with Crippen molar-refractivity contribution in [3.63, 3.8) is 0 Å². The number of rotatable bonds is 7. The molecule has 0 radical (unpaired) electrons. The van der Waals surface area contributed by atoms with E-state index in [9.17, 15) is 9.90 Å². The van der Waals surface area contributed by atoms with Gasteiger partial charge in [-0.15, -0.1) is 0 Å². The minimum atomic E-state index is -0.677. The van der Waals surface area contributed by atoms with Crippen molar-refractivity contribution in [2.75, 3.05) is 20.3 Å². The fourth-order valence-corrected chi connectivity index (χ4v) is 2.08. The third-order valence-electron chi connectivity index (χ3n) is 2.66. The molecule has 0 heterocycles. The van der Waals surface area contributed by atoms with E-state index in [2.05, 4.69) is 15.9 Å². The molecule has 0 bridgehead atoms. The highest BCUT2D eigenvalue weighted by Crippen LogP contribution is 2.10. The highest BCUT2D eigenvalue weighted by molar-refractivity contribution is 9.10. The van der Waals surface area contributed by atoms with Gasteiger partial charge >= 0.3 is 0 Å². The fourth-order valence-electron chi connectivity index (χ4n) is 1.79. The molecule has 19 heavy (non-hydrogen) atoms. The number of carbonyl (C=O) groups excluding carboxylic acids is 1. The molecule has 4 nitrogen and oxygen atoms in total. The Kier molecular flexibility index (Phi) is 7.05. The zero-order valence-corrected chi connectivity index (χ0v) is 12.8. The summed E-state index contributed by atoms with van der Waals surface area (Å²) < 4.78 is 4.90. The normalized spacial score (nSPS) is 13.9. The summed E-state index contributed by atoms with van der Waals surface area (Å²) in [5.74, 6) is -0.0426. The van der Waals surface area contributed by atoms with Crippen molar-refractivity contribution in [3.05, 3.63) is 35.9 Å². The van der Waals surface area contributed by atoms with Crippen molar-refractivity contribution in [3.8, 4) is 0 Å². The first-order chi connectivity index (χ1) is 9.04. The first-order valence-electron chi connectivity index (χ1n) is 6.18. The molecule has 0 fully saturated rings. The van der Waals surface area contributed by atoms with E-state index in [0.29, 0.717) is 6.54 Å². The summed E-state index contributed by atoms with van der Waals surface area (Å²) in [6.07, 6.45) is -0.677. The van der Waals surface area contributed by atoms with Crippen molar-refractivity contribution >= 4 is 21.8 Å². The van der Waals surface area contributed by atoms with E-state index >= 15 is 0 Å². The highest BCUT2D eigenvalue weighted by atomic mass is 79.9. The smallest absolute Gasteiger partial charge is 0.236 e. The average molecular weight is 330 g/mol. The van der Waals surface area contributed by atoms with E-state index < -0.39 is 6.10 Å². The van der Waals surface area contributed by atoms with Crippen molar-refractivity contribution in [1.82, 2.24) is 4.90 Å². The number of methoxy groups -OCH3 is 1. The van der Waals surface area contributed by atoms with Crippen molar-refractivity contribution in [2.24, 2.45) is 0 Å². The molecule has 1 aromatic carbocycles. The lowest BCUT2D eigenvalue weighted by atomic mass is 10.2. The van der Waals surface area contributed by atoms with Crippen LogP contribution in [0.15, 0.2) is 30.3 Å². The van der Waals surface area contributed by atoms with Crippen LogP contribution < -0.4 is 0 Å². The Morgan fingerprint density at radius 3 is 2.58 bits per heavy atom. The SMILES string of the molecule is COCC(O)CN(Cc1ccccc1)C(=O)C(C)Br. The molecule has 2 unspecified atom stereocenters. The summed E-state index contributed by atoms with van der Waals surface area (Å²) in [5, 5.41) is 9.79. The molecule has 0 aliphatic heterocycles. The monoisotopic (exact) mass is 329 g/mol. The number of aliphatic hydroxyl groups excluding tert-OH is 1. The number of hydrogen-bond acceptors (Lipinski definition) is 3. The maximum Gasteiger partial charge on any atom is 0.236 e. The minimum Gasteiger partial charge on any atom is -0.389 e. The van der Waals surface area contributed by atoms with Gasteiger partial charge in [0.15, 0.2) is 0 Å². The van der Waals surface area contributed by atoms with E-state index in [-0.39, 0.29) is 23.9 Å². The Morgan fingerprint density at radius 1 is 1.42 bits per heavy atom. The summed E-state index contributed by atoms with van der Waals surface area (Å²) in [4.78, 5) is 13.5. The molecular formula is C14H20BrNO3. The van der Waals surface area contributed by atoms with E-state index in [1.165, 1.54) is 7.11 Å². The third kappa shape index (κ3) is 5.72. The summed E-state index contributed by atoms with van der Waals surface area (Å²) in [7, 11) is 1.53. The molecule has 1 rings (SSSR count). The molecule has 0 spiro atoms. The molecule has 0 aliphatic rings. The number of amides is 1. The quantitative estimate of drug-likeness (QED) is 0.776. The molecule has 0 aliphatic carbocycles. The van der Waals surface area contributed by atoms with Crippen molar-refractivity contribution < 1.29 is 14.6 Å². The second kappa shape index (κ2) is 8.30. The number of benzene rings is 1. The summed E-state index contributed by atoms with van der Waals surface area (Å²) in [6.45, 7) is 2.74. The lowest BCUT2D eigenvalue weighted by molar-refractivity contribution is -0.132. The largest absolute Gasteiger partial charge is 0.389 e. The number of nitrogens with zero attached hydrogens (tertiary/aromatic N) is 1. The Hall–Kier alpha value is -0.910. The van der Waals surface area contributed by atoms with Crippen LogP contribution in [0.3, 0.4) is 0 Å². The molecule has 106 valence electrons. The van der Waals surface area contributed by atoms with Crippen LogP contribution in [0.25, 0.3) is 0 Å². The Morgan fingerprint density at radius 2 is 2.05 bits per heavy atom. The molecule has 0 saturated heterocycles. The van der Waals surface area contributed by atoms with Gasteiger partial charge in [-0.2, -0.15) is 0 Å². The van der Waals surface area contributed by atoms with Crippen molar-refractivity contribution in [1.29, 1.82) is 0 Å². The second-order valence-corrected chi connectivity index (χ2v) is 5.80. The Bertz CT molecular complexity index is 384. The molecule has 0 aromatic heterocycles.